The normalized spacial score (nSPS) is 13.7. The van der Waals surface area contributed by atoms with Crippen molar-refractivity contribution in [2.75, 3.05) is 4.90 Å². The molecule has 2 nitrogen and oxygen atoms in total. The zero-order valence-corrected chi connectivity index (χ0v) is 35.2. The zero-order chi connectivity index (χ0) is 42.2. The van der Waals surface area contributed by atoms with E-state index in [1.54, 1.807) is 0 Å². The molecule has 0 bridgehead atoms. The van der Waals surface area contributed by atoms with E-state index < -0.39 is 5.41 Å². The van der Waals surface area contributed by atoms with Gasteiger partial charge in [-0.2, -0.15) is 0 Å². The summed E-state index contributed by atoms with van der Waals surface area (Å²) >= 11 is 0. The zero-order valence-electron chi connectivity index (χ0n) is 35.2. The van der Waals surface area contributed by atoms with Crippen LogP contribution in [-0.4, -0.2) is 5.71 Å². The van der Waals surface area contributed by atoms with Crippen molar-refractivity contribution in [1.29, 1.82) is 0 Å². The third-order valence-corrected chi connectivity index (χ3v) is 14.0. The van der Waals surface area contributed by atoms with Gasteiger partial charge in [-0.15, -0.1) is 0 Å². The van der Waals surface area contributed by atoms with Crippen LogP contribution in [-0.2, 0) is 18.3 Å². The topological polar surface area (TPSA) is 15.6 Å². The number of hydrogen-bond donors (Lipinski definition) is 0. The molecular weight excluding hydrogens is 773 g/mol. The Morgan fingerprint density at radius 2 is 1.00 bits per heavy atom. The summed E-state index contributed by atoms with van der Waals surface area (Å²) < 4.78 is 0. The number of anilines is 3. The van der Waals surface area contributed by atoms with E-state index in [4.69, 9.17) is 4.99 Å². The lowest BCUT2D eigenvalue weighted by Gasteiger charge is -2.34. The lowest BCUT2D eigenvalue weighted by atomic mass is 9.68. The van der Waals surface area contributed by atoms with E-state index in [0.717, 1.165) is 41.2 Å². The van der Waals surface area contributed by atoms with Crippen LogP contribution < -0.4 is 4.90 Å². The second kappa shape index (κ2) is 14.5. The third kappa shape index (κ3) is 5.55. The maximum absolute atomic E-state index is 5.28. The van der Waals surface area contributed by atoms with Crippen LogP contribution in [0.5, 0.6) is 0 Å². The van der Waals surface area contributed by atoms with Crippen LogP contribution in [0.4, 0.5) is 22.7 Å². The Morgan fingerprint density at radius 1 is 0.406 bits per heavy atom. The molecule has 10 aromatic carbocycles. The molecule has 1 aliphatic heterocycles. The van der Waals surface area contributed by atoms with Crippen molar-refractivity contribution >= 4 is 39.2 Å². The molecule has 0 amide bonds. The van der Waals surface area contributed by atoms with E-state index in [1.807, 2.05) is 0 Å². The molecule has 0 N–H and O–H groups in total. The van der Waals surface area contributed by atoms with Gasteiger partial charge in [0.05, 0.1) is 22.5 Å². The van der Waals surface area contributed by atoms with Crippen LogP contribution in [0.25, 0.3) is 44.2 Å². The van der Waals surface area contributed by atoms with Gasteiger partial charge in [-0.25, -0.2) is 0 Å². The minimum atomic E-state index is -0.478. The Bertz CT molecular complexity index is 3430. The number of fused-ring (bicyclic) bond motifs is 9. The number of benzene rings is 10. The van der Waals surface area contributed by atoms with E-state index >= 15 is 0 Å². The summed E-state index contributed by atoms with van der Waals surface area (Å²) in [6.45, 7) is 0. The molecule has 0 atom stereocenters. The van der Waals surface area contributed by atoms with Gasteiger partial charge in [-0.05, 0) is 131 Å². The first-order valence-corrected chi connectivity index (χ1v) is 22.4. The fourth-order valence-corrected chi connectivity index (χ4v) is 11.1. The largest absolute Gasteiger partial charge is 0.310 e. The highest BCUT2D eigenvalue weighted by molar-refractivity contribution is 6.11. The minimum Gasteiger partial charge on any atom is -0.310 e. The fraction of sp³-hybridized carbons (Fsp3) is 0.0484. The van der Waals surface area contributed by atoms with Crippen molar-refractivity contribution in [3.63, 3.8) is 0 Å². The van der Waals surface area contributed by atoms with Gasteiger partial charge in [-0.3, -0.25) is 4.99 Å². The van der Waals surface area contributed by atoms with E-state index in [9.17, 15) is 0 Å². The molecule has 0 aromatic heterocycles. The summed E-state index contributed by atoms with van der Waals surface area (Å²) in [5.74, 6) is 0. The number of rotatable bonds is 7. The van der Waals surface area contributed by atoms with Crippen molar-refractivity contribution in [3.05, 3.63) is 275 Å². The van der Waals surface area contributed by atoms with Gasteiger partial charge in [0.1, 0.15) is 0 Å². The number of hydrogen-bond acceptors (Lipinski definition) is 2. The Kier molecular flexibility index (Phi) is 8.29. The van der Waals surface area contributed by atoms with Gasteiger partial charge in [0.2, 0.25) is 0 Å². The molecule has 300 valence electrons. The summed E-state index contributed by atoms with van der Waals surface area (Å²) in [5, 5.41) is 2.56. The minimum absolute atomic E-state index is 0.478. The molecule has 2 aliphatic carbocycles. The maximum atomic E-state index is 5.28. The van der Waals surface area contributed by atoms with Gasteiger partial charge in [0, 0.05) is 24.2 Å². The number of aliphatic imine (C=N–C) groups is 1. The maximum Gasteiger partial charge on any atom is 0.0713 e. The highest BCUT2D eigenvalue weighted by Gasteiger charge is 2.46. The summed E-state index contributed by atoms with van der Waals surface area (Å²) in [6.07, 6.45) is 1.65. The molecule has 1 heterocycles. The van der Waals surface area contributed by atoms with Gasteiger partial charge >= 0.3 is 0 Å². The second-order valence-corrected chi connectivity index (χ2v) is 17.4. The highest BCUT2D eigenvalue weighted by Crippen LogP contribution is 2.57. The number of nitrogens with zero attached hydrogens (tertiary/aromatic N) is 2. The average molecular weight is 815 g/mol. The monoisotopic (exact) mass is 814 g/mol. The Balaban J connectivity index is 1.04. The van der Waals surface area contributed by atoms with Crippen molar-refractivity contribution in [2.24, 2.45) is 4.99 Å². The summed E-state index contributed by atoms with van der Waals surface area (Å²) in [5.41, 5.74) is 23.0. The van der Waals surface area contributed by atoms with Crippen molar-refractivity contribution in [1.82, 2.24) is 0 Å². The van der Waals surface area contributed by atoms with E-state index in [0.29, 0.717) is 0 Å². The molecule has 0 saturated heterocycles. The first kappa shape index (κ1) is 36.6. The first-order valence-electron chi connectivity index (χ1n) is 22.4. The Labute approximate surface area is 374 Å². The van der Waals surface area contributed by atoms with Crippen molar-refractivity contribution in [2.45, 2.75) is 18.3 Å². The average Bonchev–Trinajstić information content (AvgIpc) is 4.07. The van der Waals surface area contributed by atoms with Crippen LogP contribution in [0, 0.1) is 0 Å². The quantitative estimate of drug-likeness (QED) is 0.156. The molecule has 0 fully saturated rings. The second-order valence-electron chi connectivity index (χ2n) is 17.4. The van der Waals surface area contributed by atoms with Crippen LogP contribution in [0.15, 0.2) is 236 Å². The third-order valence-electron chi connectivity index (χ3n) is 14.0. The highest BCUT2D eigenvalue weighted by atomic mass is 15.1. The van der Waals surface area contributed by atoms with Gasteiger partial charge < -0.3 is 4.90 Å². The molecule has 2 heteroatoms. The van der Waals surface area contributed by atoms with E-state index in [1.165, 1.54) is 88.8 Å². The summed E-state index contributed by atoms with van der Waals surface area (Å²) in [4.78, 5) is 7.79. The molecule has 10 aromatic rings. The van der Waals surface area contributed by atoms with Crippen LogP contribution >= 0.6 is 0 Å². The van der Waals surface area contributed by atoms with Crippen LogP contribution in [0.1, 0.15) is 44.5 Å². The van der Waals surface area contributed by atoms with E-state index in [-0.39, 0.29) is 0 Å². The van der Waals surface area contributed by atoms with Crippen LogP contribution in [0.2, 0.25) is 0 Å². The van der Waals surface area contributed by atoms with Gasteiger partial charge in [0.15, 0.2) is 0 Å². The van der Waals surface area contributed by atoms with Crippen molar-refractivity contribution < 1.29 is 0 Å². The lowest BCUT2D eigenvalue weighted by Crippen LogP contribution is -2.28. The summed E-state index contributed by atoms with van der Waals surface area (Å²) in [6, 6.07) is 85.3. The van der Waals surface area contributed by atoms with Gasteiger partial charge in [0.25, 0.3) is 0 Å². The Morgan fingerprint density at radius 3 is 1.73 bits per heavy atom. The first-order chi connectivity index (χ1) is 31.7. The number of para-hydroxylation sites is 1. The SMILES string of the molecule is c1ccc(-c2ccc(N(c3ccc(C4(c5ccccc5)c5ccccc5-c5ccccc54)cc3)c3cc(C4=Nc5ccccc5C4)cc4c3Cc3ccc5ccccc5c3-4)cc2)cc1. The molecule has 3 aliphatic rings. The molecule has 0 saturated carbocycles. The molecule has 0 unspecified atom stereocenters. The molecule has 13 rings (SSSR count). The van der Waals surface area contributed by atoms with E-state index in [2.05, 4.69) is 235 Å². The van der Waals surface area contributed by atoms with Gasteiger partial charge in [-0.1, -0.05) is 188 Å². The predicted molar refractivity (Wildman–Crippen MR) is 266 cm³/mol. The Hall–Kier alpha value is -8.07. The molecule has 64 heavy (non-hydrogen) atoms. The smallest absolute Gasteiger partial charge is 0.0713 e. The molecular formula is C62H42N2. The van der Waals surface area contributed by atoms with Crippen LogP contribution in [0.3, 0.4) is 0 Å². The predicted octanol–water partition coefficient (Wildman–Crippen LogP) is 15.6. The fourth-order valence-electron chi connectivity index (χ4n) is 11.1. The summed E-state index contributed by atoms with van der Waals surface area (Å²) in [7, 11) is 0. The van der Waals surface area contributed by atoms with Crippen molar-refractivity contribution in [3.8, 4) is 33.4 Å². The lowest BCUT2D eigenvalue weighted by molar-refractivity contribution is 0.768. The molecule has 0 spiro atoms. The standard InChI is InChI=1S/C62H42N2/c1-3-15-41(16-4-1)42-29-33-49(34-30-42)64(50-35-31-48(32-36-50)62(47-19-5-2-6-20-47)56-24-12-10-22-52(56)53-23-11-13-25-57(53)62)60-40-46(59-39-44-18-8-14-26-58(44)63-59)38-55-54(60)37-45-28-27-43-17-7-9-21-51(43)61(45)55/h1-36,38,40H,37,39H2. The molecule has 0 radical (unpaired) electrons.